The quantitative estimate of drug-likeness (QED) is 0.539. The molecule has 1 N–H and O–H groups in total. The first-order chi connectivity index (χ1) is 10.7. The van der Waals surface area contributed by atoms with Crippen molar-refractivity contribution < 1.29 is 0 Å². The molecule has 0 saturated carbocycles. The Balaban J connectivity index is 1.91. The van der Waals surface area contributed by atoms with Gasteiger partial charge in [-0.2, -0.15) is 10.4 Å². The summed E-state index contributed by atoms with van der Waals surface area (Å²) in [7, 11) is 0. The molecule has 0 aliphatic heterocycles. The zero-order chi connectivity index (χ0) is 15.5. The van der Waals surface area contributed by atoms with Gasteiger partial charge >= 0.3 is 0 Å². The number of hydrogen-bond donors (Lipinski definition) is 1. The molecule has 0 fully saturated rings. The molecule has 1 aromatic heterocycles. The first-order valence-corrected chi connectivity index (χ1v) is 7.79. The summed E-state index contributed by atoms with van der Waals surface area (Å²) < 4.78 is 1.00. The number of halogens is 2. The second-order valence-electron chi connectivity index (χ2n) is 4.29. The molecule has 0 amide bonds. The van der Waals surface area contributed by atoms with Crippen LogP contribution in [0.25, 0.3) is 10.2 Å². The highest BCUT2D eigenvalue weighted by Gasteiger charge is 2.10. The number of anilines is 1. The maximum atomic E-state index is 9.29. The van der Waals surface area contributed by atoms with Crippen molar-refractivity contribution in [3.05, 3.63) is 57.5 Å². The molecule has 0 unspecified atom stereocenters. The van der Waals surface area contributed by atoms with E-state index in [2.05, 4.69) is 15.5 Å². The van der Waals surface area contributed by atoms with Gasteiger partial charge in [-0.3, -0.25) is 5.43 Å². The van der Waals surface area contributed by atoms with E-state index in [0.29, 0.717) is 20.7 Å². The number of aromatic nitrogens is 1. The predicted molar refractivity (Wildman–Crippen MR) is 91.9 cm³/mol. The summed E-state index contributed by atoms with van der Waals surface area (Å²) in [4.78, 5) is 4.40. The lowest BCUT2D eigenvalue weighted by Gasteiger charge is -2.03. The zero-order valence-corrected chi connectivity index (χ0v) is 13.4. The summed E-state index contributed by atoms with van der Waals surface area (Å²) in [5.74, 6) is 0. The summed E-state index contributed by atoms with van der Waals surface area (Å²) in [6.45, 7) is 0. The van der Waals surface area contributed by atoms with Crippen molar-refractivity contribution in [1.29, 1.82) is 5.26 Å². The van der Waals surface area contributed by atoms with E-state index in [1.807, 2.05) is 30.3 Å². The molecule has 22 heavy (non-hydrogen) atoms. The van der Waals surface area contributed by atoms with Gasteiger partial charge in [0, 0.05) is 5.02 Å². The summed E-state index contributed by atoms with van der Waals surface area (Å²) in [5.41, 5.74) is 4.39. The molecule has 3 rings (SSSR count). The Labute approximate surface area is 140 Å². The second-order valence-corrected chi connectivity index (χ2v) is 6.17. The molecule has 108 valence electrons. The van der Waals surface area contributed by atoms with Gasteiger partial charge in [-0.05, 0) is 30.3 Å². The second kappa shape index (κ2) is 6.32. The minimum atomic E-state index is 0.201. The van der Waals surface area contributed by atoms with Gasteiger partial charge in [0.1, 0.15) is 6.07 Å². The van der Waals surface area contributed by atoms with E-state index in [4.69, 9.17) is 23.2 Å². The van der Waals surface area contributed by atoms with Crippen LogP contribution in [0.2, 0.25) is 10.0 Å². The molecule has 3 aromatic rings. The average Bonchev–Trinajstić information content (AvgIpc) is 2.93. The zero-order valence-electron chi connectivity index (χ0n) is 11.0. The van der Waals surface area contributed by atoms with E-state index in [-0.39, 0.29) is 5.71 Å². The van der Waals surface area contributed by atoms with E-state index in [9.17, 15) is 5.26 Å². The topological polar surface area (TPSA) is 61.1 Å². The molecule has 7 heteroatoms. The monoisotopic (exact) mass is 346 g/mol. The number of benzene rings is 2. The van der Waals surface area contributed by atoms with Crippen LogP contribution in [0.3, 0.4) is 0 Å². The molecule has 1 heterocycles. The molecule has 0 aliphatic rings. The minimum absolute atomic E-state index is 0.201. The molecule has 0 atom stereocenters. The van der Waals surface area contributed by atoms with Gasteiger partial charge in [0.25, 0.3) is 0 Å². The van der Waals surface area contributed by atoms with Gasteiger partial charge in [-0.25, -0.2) is 4.98 Å². The molecular weight excluding hydrogens is 339 g/mol. The van der Waals surface area contributed by atoms with Crippen LogP contribution < -0.4 is 5.43 Å². The number of hydrazone groups is 1. The smallest absolute Gasteiger partial charge is 0.196 e. The average molecular weight is 347 g/mol. The maximum absolute atomic E-state index is 9.29. The van der Waals surface area contributed by atoms with Crippen molar-refractivity contribution >= 4 is 56.2 Å². The SMILES string of the molecule is N#C/C(=N\Nc1ccc(Cl)cc1Cl)c1nc2ccccc2s1. The van der Waals surface area contributed by atoms with Crippen LogP contribution in [0.4, 0.5) is 5.69 Å². The summed E-state index contributed by atoms with van der Waals surface area (Å²) in [5, 5.41) is 14.9. The predicted octanol–water partition coefficient (Wildman–Crippen LogP) is 4.94. The number of fused-ring (bicyclic) bond motifs is 1. The lowest BCUT2D eigenvalue weighted by atomic mass is 10.3. The molecular formula is C15H8Cl2N4S. The summed E-state index contributed by atoms with van der Waals surface area (Å²) >= 11 is 13.3. The summed E-state index contributed by atoms with van der Waals surface area (Å²) in [6.07, 6.45) is 0. The van der Waals surface area contributed by atoms with Crippen LogP contribution in [0.15, 0.2) is 47.6 Å². The van der Waals surface area contributed by atoms with Crippen molar-refractivity contribution in [3.63, 3.8) is 0 Å². The van der Waals surface area contributed by atoms with Crippen molar-refractivity contribution in [2.75, 3.05) is 5.43 Å². The van der Waals surface area contributed by atoms with Crippen LogP contribution in [-0.4, -0.2) is 10.7 Å². The first kappa shape index (κ1) is 14.8. The van der Waals surface area contributed by atoms with Crippen LogP contribution in [-0.2, 0) is 0 Å². The first-order valence-electron chi connectivity index (χ1n) is 6.22. The van der Waals surface area contributed by atoms with Gasteiger partial charge in [-0.15, -0.1) is 11.3 Å². The van der Waals surface area contributed by atoms with Gasteiger partial charge in [0.05, 0.1) is 20.9 Å². The van der Waals surface area contributed by atoms with Crippen LogP contribution >= 0.6 is 34.5 Å². The Kier molecular flexibility index (Phi) is 4.25. The van der Waals surface area contributed by atoms with Crippen molar-refractivity contribution in [1.82, 2.24) is 4.98 Å². The Hall–Kier alpha value is -2.13. The van der Waals surface area contributed by atoms with Crippen LogP contribution in [0.1, 0.15) is 5.01 Å². The highest BCUT2D eigenvalue weighted by molar-refractivity contribution is 7.20. The van der Waals surface area contributed by atoms with Gasteiger partial charge in [0.15, 0.2) is 10.7 Å². The van der Waals surface area contributed by atoms with Crippen molar-refractivity contribution in [2.24, 2.45) is 5.10 Å². The highest BCUT2D eigenvalue weighted by Crippen LogP contribution is 2.26. The third-order valence-electron chi connectivity index (χ3n) is 2.82. The van der Waals surface area contributed by atoms with E-state index < -0.39 is 0 Å². The number of thiazole rings is 1. The Bertz CT molecular complexity index is 878. The Morgan fingerprint density at radius 3 is 2.77 bits per heavy atom. The van der Waals surface area contributed by atoms with Crippen molar-refractivity contribution in [3.8, 4) is 6.07 Å². The molecule has 4 nitrogen and oxygen atoms in total. The lowest BCUT2D eigenvalue weighted by molar-refractivity contribution is 1.32. The maximum Gasteiger partial charge on any atom is 0.196 e. The van der Waals surface area contributed by atoms with Gasteiger partial charge in [-0.1, -0.05) is 35.3 Å². The third-order valence-corrected chi connectivity index (χ3v) is 4.41. The Morgan fingerprint density at radius 1 is 1.23 bits per heavy atom. The molecule has 0 radical (unpaired) electrons. The standard InChI is InChI=1S/C15H8Cl2N4S/c16-9-5-6-11(10(17)7-9)20-21-13(8-18)15-19-12-3-1-2-4-14(12)22-15/h1-7,20H/b21-13+. The number of para-hydroxylation sites is 1. The largest absolute Gasteiger partial charge is 0.276 e. The van der Waals surface area contributed by atoms with E-state index in [1.54, 1.807) is 18.2 Å². The number of rotatable bonds is 3. The van der Waals surface area contributed by atoms with Crippen molar-refractivity contribution in [2.45, 2.75) is 0 Å². The lowest BCUT2D eigenvalue weighted by Crippen LogP contribution is -2.01. The molecule has 0 bridgehead atoms. The van der Waals surface area contributed by atoms with Gasteiger partial charge in [0.2, 0.25) is 0 Å². The molecule has 0 spiro atoms. The van der Waals surface area contributed by atoms with E-state index in [1.165, 1.54) is 11.3 Å². The number of nitrogens with zero attached hydrogens (tertiary/aromatic N) is 3. The number of hydrogen-bond acceptors (Lipinski definition) is 5. The Morgan fingerprint density at radius 2 is 2.05 bits per heavy atom. The molecule has 2 aromatic carbocycles. The number of nitriles is 1. The van der Waals surface area contributed by atoms with E-state index >= 15 is 0 Å². The fraction of sp³-hybridized carbons (Fsp3) is 0. The molecule has 0 aliphatic carbocycles. The fourth-order valence-corrected chi connectivity index (χ4v) is 3.15. The highest BCUT2D eigenvalue weighted by atomic mass is 35.5. The van der Waals surface area contributed by atoms with Crippen LogP contribution in [0.5, 0.6) is 0 Å². The van der Waals surface area contributed by atoms with E-state index in [0.717, 1.165) is 10.2 Å². The third kappa shape index (κ3) is 3.04. The number of nitrogens with one attached hydrogen (secondary N) is 1. The molecule has 0 saturated heterocycles. The normalized spacial score (nSPS) is 11.4. The summed E-state index contributed by atoms with van der Waals surface area (Å²) in [6, 6.07) is 14.7. The van der Waals surface area contributed by atoms with Crippen LogP contribution in [0, 0.1) is 11.3 Å². The minimum Gasteiger partial charge on any atom is -0.276 e. The fourth-order valence-electron chi connectivity index (χ4n) is 1.79. The van der Waals surface area contributed by atoms with Gasteiger partial charge < -0.3 is 0 Å².